The molecule has 0 bridgehead atoms. The Kier molecular flexibility index (Phi) is 7.17. The number of aryl methyl sites for hydroxylation is 1. The monoisotopic (exact) mass is 403 g/mol. The molecule has 0 aliphatic carbocycles. The first-order valence-corrected chi connectivity index (χ1v) is 10.2. The molecule has 0 radical (unpaired) electrons. The van der Waals surface area contributed by atoms with E-state index >= 15 is 0 Å². The molecule has 1 aromatic carbocycles. The molecule has 2 heterocycles. The summed E-state index contributed by atoms with van der Waals surface area (Å²) in [6, 6.07) is 7.75. The van der Waals surface area contributed by atoms with Gasteiger partial charge in [0.05, 0.1) is 26.5 Å². The lowest BCUT2D eigenvalue weighted by Crippen LogP contribution is -3.28. The number of methoxy groups -OCH3 is 2. The van der Waals surface area contributed by atoms with E-state index in [4.69, 9.17) is 13.9 Å². The molecule has 158 valence electrons. The molecule has 1 fully saturated rings. The highest BCUT2D eigenvalue weighted by Gasteiger charge is 2.26. The van der Waals surface area contributed by atoms with Gasteiger partial charge in [0.2, 0.25) is 0 Å². The van der Waals surface area contributed by atoms with Crippen molar-refractivity contribution in [1.82, 2.24) is 5.32 Å². The fourth-order valence-corrected chi connectivity index (χ4v) is 3.92. The van der Waals surface area contributed by atoms with Crippen molar-refractivity contribution in [2.24, 2.45) is 0 Å². The Balaban J connectivity index is 1.47. The fraction of sp³-hybridized carbons (Fsp3) is 0.500. The lowest BCUT2D eigenvalue weighted by Gasteiger charge is -2.30. The van der Waals surface area contributed by atoms with E-state index in [-0.39, 0.29) is 11.9 Å². The molecule has 1 aliphatic rings. The van der Waals surface area contributed by atoms with Gasteiger partial charge in [0.25, 0.3) is 5.91 Å². The molecule has 1 aromatic heterocycles. The van der Waals surface area contributed by atoms with Gasteiger partial charge < -0.3 is 29.0 Å². The highest BCUT2D eigenvalue weighted by Crippen LogP contribution is 2.29. The normalized spacial score (nSPS) is 20.1. The Labute approximate surface area is 172 Å². The number of piperazine rings is 1. The number of hydrogen-bond donors (Lipinski definition) is 3. The second-order valence-corrected chi connectivity index (χ2v) is 7.79. The maximum absolute atomic E-state index is 12.4. The zero-order chi connectivity index (χ0) is 20.8. The highest BCUT2D eigenvalue weighted by atomic mass is 16.5. The van der Waals surface area contributed by atoms with Crippen molar-refractivity contribution in [1.29, 1.82) is 0 Å². The number of furan rings is 1. The van der Waals surface area contributed by atoms with Gasteiger partial charge in [0.15, 0.2) is 18.0 Å². The Hall–Kier alpha value is -2.51. The highest BCUT2D eigenvalue weighted by molar-refractivity contribution is 5.77. The number of amides is 1. The zero-order valence-electron chi connectivity index (χ0n) is 17.8. The minimum Gasteiger partial charge on any atom is -0.493 e. The van der Waals surface area contributed by atoms with Crippen molar-refractivity contribution >= 4 is 5.91 Å². The molecule has 7 nitrogen and oxygen atoms in total. The second-order valence-electron chi connectivity index (χ2n) is 7.79. The van der Waals surface area contributed by atoms with Gasteiger partial charge in [-0.05, 0) is 43.7 Å². The van der Waals surface area contributed by atoms with Crippen LogP contribution in [0.4, 0.5) is 0 Å². The smallest absolute Gasteiger partial charge is 0.275 e. The summed E-state index contributed by atoms with van der Waals surface area (Å²) in [6.07, 6.45) is 1.63. The van der Waals surface area contributed by atoms with Gasteiger partial charge in [0, 0.05) is 5.56 Å². The van der Waals surface area contributed by atoms with E-state index in [0.717, 1.165) is 50.0 Å². The number of carbonyl (C=O) groups is 1. The third-order valence-corrected chi connectivity index (χ3v) is 5.70. The number of quaternary nitrogens is 2. The molecule has 1 aliphatic heterocycles. The van der Waals surface area contributed by atoms with Crippen LogP contribution in [0.25, 0.3) is 0 Å². The minimum absolute atomic E-state index is 0.0723. The molecule has 7 heteroatoms. The van der Waals surface area contributed by atoms with Crippen LogP contribution < -0.4 is 24.6 Å². The van der Waals surface area contributed by atoms with Gasteiger partial charge in [-0.15, -0.1) is 0 Å². The van der Waals surface area contributed by atoms with E-state index < -0.39 is 0 Å². The van der Waals surface area contributed by atoms with E-state index in [0.29, 0.717) is 6.54 Å². The van der Waals surface area contributed by atoms with Gasteiger partial charge in [-0.3, -0.25) is 4.79 Å². The molecule has 0 saturated carbocycles. The Morgan fingerprint density at radius 1 is 1.14 bits per heavy atom. The molecule has 2 aromatic rings. The van der Waals surface area contributed by atoms with Crippen molar-refractivity contribution in [3.05, 3.63) is 47.4 Å². The van der Waals surface area contributed by atoms with Gasteiger partial charge in [0.1, 0.15) is 38.5 Å². The molecule has 1 amide bonds. The summed E-state index contributed by atoms with van der Waals surface area (Å²) in [5, 5.41) is 3.03. The first-order valence-electron chi connectivity index (χ1n) is 10.2. The van der Waals surface area contributed by atoms with E-state index in [1.54, 1.807) is 20.5 Å². The molecule has 29 heavy (non-hydrogen) atoms. The fourth-order valence-electron chi connectivity index (χ4n) is 3.92. The second kappa shape index (κ2) is 9.80. The first kappa shape index (κ1) is 21.2. The van der Waals surface area contributed by atoms with Crippen LogP contribution in [-0.2, 0) is 11.3 Å². The van der Waals surface area contributed by atoms with Crippen LogP contribution in [0, 0.1) is 6.92 Å². The number of benzene rings is 1. The Morgan fingerprint density at radius 2 is 1.79 bits per heavy atom. The summed E-state index contributed by atoms with van der Waals surface area (Å²) in [7, 11) is 3.33. The van der Waals surface area contributed by atoms with Crippen LogP contribution in [0.1, 0.15) is 29.9 Å². The van der Waals surface area contributed by atoms with Gasteiger partial charge in [-0.25, -0.2) is 0 Å². The predicted molar refractivity (Wildman–Crippen MR) is 110 cm³/mol. The van der Waals surface area contributed by atoms with Crippen LogP contribution in [0.15, 0.2) is 34.9 Å². The summed E-state index contributed by atoms with van der Waals surface area (Å²) < 4.78 is 16.2. The molecule has 1 atom stereocenters. The molecule has 0 unspecified atom stereocenters. The molecular formula is C22H33N3O4+2. The average Bonchev–Trinajstić information content (AvgIpc) is 3.25. The number of ether oxygens (including phenoxy) is 2. The summed E-state index contributed by atoms with van der Waals surface area (Å²) in [4.78, 5) is 15.2. The first-order chi connectivity index (χ1) is 14.0. The molecule has 0 spiro atoms. The Morgan fingerprint density at radius 3 is 2.41 bits per heavy atom. The average molecular weight is 404 g/mol. The van der Waals surface area contributed by atoms with Crippen LogP contribution in [0.5, 0.6) is 11.5 Å². The lowest BCUT2D eigenvalue weighted by atomic mass is 10.1. The number of carbonyl (C=O) groups excluding carboxylic acids is 1. The summed E-state index contributed by atoms with van der Waals surface area (Å²) in [5.41, 5.74) is 2.50. The topological polar surface area (TPSA) is 69.6 Å². The van der Waals surface area contributed by atoms with Crippen molar-refractivity contribution in [3.63, 3.8) is 0 Å². The van der Waals surface area contributed by atoms with Crippen molar-refractivity contribution < 1.29 is 28.5 Å². The zero-order valence-corrected chi connectivity index (χ0v) is 17.8. The Bertz CT molecular complexity index is 799. The standard InChI is InChI=1S/C22H31N3O4/c1-16-12-20(27-3)21(28-4)13-18(16)14-24-7-9-25(10-8-24)15-22(26)23-17(2)19-6-5-11-29-19/h5-6,11-13,17H,7-10,14-15H2,1-4H3,(H,23,26)/p+2/t17-/m1/s1. The van der Waals surface area contributed by atoms with Crippen LogP contribution >= 0.6 is 0 Å². The third-order valence-electron chi connectivity index (χ3n) is 5.70. The lowest BCUT2D eigenvalue weighted by molar-refractivity contribution is -1.02. The maximum atomic E-state index is 12.4. The molecule has 3 rings (SSSR count). The number of rotatable bonds is 8. The van der Waals surface area contributed by atoms with Crippen LogP contribution in [0.3, 0.4) is 0 Å². The summed E-state index contributed by atoms with van der Waals surface area (Å²) in [5.74, 6) is 2.41. The van der Waals surface area contributed by atoms with Gasteiger partial charge >= 0.3 is 0 Å². The quantitative estimate of drug-likeness (QED) is 0.569. The largest absolute Gasteiger partial charge is 0.493 e. The maximum Gasteiger partial charge on any atom is 0.275 e. The number of hydrogen-bond acceptors (Lipinski definition) is 4. The van der Waals surface area contributed by atoms with Gasteiger partial charge in [-0.2, -0.15) is 0 Å². The van der Waals surface area contributed by atoms with Gasteiger partial charge in [-0.1, -0.05) is 0 Å². The summed E-state index contributed by atoms with van der Waals surface area (Å²) in [6.45, 7) is 9.60. The molecule has 3 N–H and O–H groups in total. The van der Waals surface area contributed by atoms with E-state index in [1.165, 1.54) is 20.9 Å². The minimum atomic E-state index is -0.100. The molecular weight excluding hydrogens is 370 g/mol. The van der Waals surface area contributed by atoms with E-state index in [9.17, 15) is 4.79 Å². The van der Waals surface area contributed by atoms with E-state index in [2.05, 4.69) is 18.3 Å². The van der Waals surface area contributed by atoms with Crippen LogP contribution in [0.2, 0.25) is 0 Å². The van der Waals surface area contributed by atoms with Crippen LogP contribution in [-0.4, -0.2) is 52.9 Å². The predicted octanol–water partition coefficient (Wildman–Crippen LogP) is -0.234. The number of nitrogens with one attached hydrogen (secondary N) is 3. The van der Waals surface area contributed by atoms with E-state index in [1.807, 2.05) is 25.1 Å². The SMILES string of the molecule is COc1cc(C)c(C[NH+]2CC[NH+](CC(=O)N[C@H](C)c3ccco3)CC2)cc1OC. The summed E-state index contributed by atoms with van der Waals surface area (Å²) >= 11 is 0. The van der Waals surface area contributed by atoms with Crippen molar-refractivity contribution in [3.8, 4) is 11.5 Å². The molecule has 1 saturated heterocycles. The van der Waals surface area contributed by atoms with Crippen molar-refractivity contribution in [2.75, 3.05) is 46.9 Å². The van der Waals surface area contributed by atoms with Crippen molar-refractivity contribution in [2.45, 2.75) is 26.4 Å². The third kappa shape index (κ3) is 5.52.